The largest absolute Gasteiger partial charge is 0.435 e. The molecule has 2 amide bonds. The summed E-state index contributed by atoms with van der Waals surface area (Å²) in [6, 6.07) is 9.91. The summed E-state index contributed by atoms with van der Waals surface area (Å²) >= 11 is 0. The van der Waals surface area contributed by atoms with Gasteiger partial charge in [0.05, 0.1) is 19.3 Å². The summed E-state index contributed by atoms with van der Waals surface area (Å²) in [5, 5.41) is 0. The lowest BCUT2D eigenvalue weighted by Crippen LogP contribution is -2.53. The van der Waals surface area contributed by atoms with Gasteiger partial charge in [-0.05, 0) is 61.9 Å². The molecule has 2 aromatic rings. The minimum Gasteiger partial charge on any atom is -0.435 e. The second-order valence-corrected chi connectivity index (χ2v) is 10.6. The first kappa shape index (κ1) is 25.6. The molecule has 2 aliphatic heterocycles. The van der Waals surface area contributed by atoms with Gasteiger partial charge in [-0.3, -0.25) is 9.78 Å². The van der Waals surface area contributed by atoms with Crippen molar-refractivity contribution in [3.8, 4) is 5.75 Å². The number of Topliss-reactive ketones (excluding diaryl/α,β-unsaturated/α-hetero) is 1. The maximum atomic E-state index is 13.5. The van der Waals surface area contributed by atoms with Crippen LogP contribution in [0.3, 0.4) is 0 Å². The van der Waals surface area contributed by atoms with Crippen molar-refractivity contribution < 1.29 is 27.8 Å². The molecule has 0 spiro atoms. The Kier molecular flexibility index (Phi) is 7.42. The zero-order valence-corrected chi connectivity index (χ0v) is 21.1. The summed E-state index contributed by atoms with van der Waals surface area (Å²) < 4.78 is 35.1. The molecule has 2 fully saturated rings. The second kappa shape index (κ2) is 10.7. The fraction of sp³-hybridized carbons (Fsp3) is 0.536. The number of aryl methyl sites for hydroxylation is 2. The van der Waals surface area contributed by atoms with Gasteiger partial charge in [0.25, 0.3) is 0 Å². The van der Waals surface area contributed by atoms with Crippen molar-refractivity contribution in [1.82, 2.24) is 14.8 Å². The molecule has 0 bridgehead atoms. The predicted molar refractivity (Wildman–Crippen MR) is 133 cm³/mol. The molecule has 5 rings (SSSR count). The maximum Gasteiger partial charge on any atom is 0.387 e. The Morgan fingerprint density at radius 2 is 1.86 bits per heavy atom. The average Bonchev–Trinajstić information content (AvgIpc) is 3.20. The van der Waals surface area contributed by atoms with Crippen LogP contribution in [-0.4, -0.2) is 66.1 Å². The molecule has 1 aromatic carbocycles. The number of nitrogens with zero attached hydrogens (tertiary/aromatic N) is 3. The number of carbonyl (C=O) groups excluding carboxylic acids is 2. The van der Waals surface area contributed by atoms with Crippen LogP contribution >= 0.6 is 0 Å². The van der Waals surface area contributed by atoms with Gasteiger partial charge in [0, 0.05) is 49.3 Å². The van der Waals surface area contributed by atoms with Crippen LogP contribution in [-0.2, 0) is 28.8 Å². The van der Waals surface area contributed by atoms with Gasteiger partial charge in [-0.1, -0.05) is 18.2 Å². The van der Waals surface area contributed by atoms with Crippen molar-refractivity contribution in [3.05, 3.63) is 58.9 Å². The number of rotatable bonds is 10. The average molecular weight is 514 g/mol. The van der Waals surface area contributed by atoms with Crippen LogP contribution in [0.4, 0.5) is 13.6 Å². The van der Waals surface area contributed by atoms with Gasteiger partial charge in [-0.15, -0.1) is 0 Å². The van der Waals surface area contributed by atoms with Gasteiger partial charge >= 0.3 is 12.6 Å². The summed E-state index contributed by atoms with van der Waals surface area (Å²) in [6.07, 6.45) is 5.43. The molecule has 0 radical (unpaired) electrons. The number of aromatic nitrogens is 1. The van der Waals surface area contributed by atoms with E-state index in [0.717, 1.165) is 25.0 Å². The zero-order valence-electron chi connectivity index (χ0n) is 21.1. The van der Waals surface area contributed by atoms with Crippen molar-refractivity contribution in [2.45, 2.75) is 58.1 Å². The first-order valence-electron chi connectivity index (χ1n) is 13.0. The molecule has 3 aliphatic rings. The fourth-order valence-electron chi connectivity index (χ4n) is 5.74. The van der Waals surface area contributed by atoms with E-state index in [0.29, 0.717) is 38.4 Å². The first-order valence-corrected chi connectivity index (χ1v) is 13.0. The molecule has 9 heteroatoms. The van der Waals surface area contributed by atoms with Crippen molar-refractivity contribution in [3.63, 3.8) is 0 Å². The Balaban J connectivity index is 1.28. The van der Waals surface area contributed by atoms with Gasteiger partial charge < -0.3 is 19.3 Å². The molecule has 0 unspecified atom stereocenters. The number of alkyl halides is 2. The first-order chi connectivity index (χ1) is 17.8. The highest BCUT2D eigenvalue weighted by molar-refractivity contribution is 5.80. The van der Waals surface area contributed by atoms with E-state index in [2.05, 4.69) is 16.9 Å². The van der Waals surface area contributed by atoms with Gasteiger partial charge in [0.15, 0.2) is 0 Å². The van der Waals surface area contributed by atoms with Gasteiger partial charge in [-0.25, -0.2) is 4.79 Å². The number of halogens is 2. The molecule has 198 valence electrons. The summed E-state index contributed by atoms with van der Waals surface area (Å²) in [5.74, 6) is -0.0103. The van der Waals surface area contributed by atoms with E-state index >= 15 is 0 Å². The third kappa shape index (κ3) is 5.76. The Morgan fingerprint density at radius 3 is 2.54 bits per heavy atom. The number of benzene rings is 1. The third-order valence-electron chi connectivity index (χ3n) is 7.61. The number of pyridine rings is 1. The zero-order chi connectivity index (χ0) is 26.0. The second-order valence-electron chi connectivity index (χ2n) is 10.6. The number of hydrogen-bond acceptors (Lipinski definition) is 5. The van der Waals surface area contributed by atoms with Crippen molar-refractivity contribution in [2.24, 2.45) is 5.41 Å². The molecule has 0 saturated carbocycles. The Bertz CT molecular complexity index is 1140. The standard InChI is InChI=1S/C28H33F2N3O4/c1-19(34)14-25(21-7-10-23(11-8-21)37-26(29)30)33-13-12-32(27(33)35)16-28(17-36-18-28)15-22-9-6-20-4-2-3-5-24(20)31-22/h6-11,25-26H,2-5,12-18H2,1H3/t25-/m0/s1. The van der Waals surface area contributed by atoms with Crippen LogP contribution in [0.2, 0.25) is 0 Å². The quantitative estimate of drug-likeness (QED) is 0.465. The minimum atomic E-state index is -2.91. The summed E-state index contributed by atoms with van der Waals surface area (Å²) in [6.45, 7) is 1.35. The van der Waals surface area contributed by atoms with E-state index in [1.807, 2.05) is 4.90 Å². The summed E-state index contributed by atoms with van der Waals surface area (Å²) in [5.41, 5.74) is 4.15. The normalized spacial score (nSPS) is 19.5. The highest BCUT2D eigenvalue weighted by atomic mass is 19.3. The molecular weight excluding hydrogens is 480 g/mol. The summed E-state index contributed by atoms with van der Waals surface area (Å²) in [7, 11) is 0. The molecule has 3 heterocycles. The monoisotopic (exact) mass is 513 g/mol. The lowest BCUT2D eigenvalue weighted by Gasteiger charge is -2.43. The Labute approximate surface area is 215 Å². The SMILES string of the molecule is CC(=O)C[C@@H](c1ccc(OC(F)F)cc1)N1CCN(CC2(Cc3ccc4c(n3)CCCC4)COC2)C1=O. The van der Waals surface area contributed by atoms with E-state index in [1.54, 1.807) is 17.0 Å². The van der Waals surface area contributed by atoms with Crippen LogP contribution in [0.15, 0.2) is 36.4 Å². The van der Waals surface area contributed by atoms with Crippen molar-refractivity contribution in [1.29, 1.82) is 0 Å². The van der Waals surface area contributed by atoms with Crippen LogP contribution in [0.5, 0.6) is 5.75 Å². The lowest BCUT2D eigenvalue weighted by atomic mass is 9.80. The number of amides is 2. The topological polar surface area (TPSA) is 72.0 Å². The third-order valence-corrected chi connectivity index (χ3v) is 7.61. The van der Waals surface area contributed by atoms with Crippen molar-refractivity contribution in [2.75, 3.05) is 32.8 Å². The van der Waals surface area contributed by atoms with Gasteiger partial charge in [-0.2, -0.15) is 8.78 Å². The fourth-order valence-corrected chi connectivity index (χ4v) is 5.74. The van der Waals surface area contributed by atoms with Gasteiger partial charge in [0.1, 0.15) is 11.5 Å². The molecule has 1 aliphatic carbocycles. The number of ketones is 1. The highest BCUT2D eigenvalue weighted by Gasteiger charge is 2.45. The van der Waals surface area contributed by atoms with Crippen molar-refractivity contribution >= 4 is 11.8 Å². The van der Waals surface area contributed by atoms with Crippen LogP contribution in [0.1, 0.15) is 54.7 Å². The molecular formula is C28H33F2N3O4. The van der Waals surface area contributed by atoms with E-state index in [-0.39, 0.29) is 29.4 Å². The molecule has 37 heavy (non-hydrogen) atoms. The highest BCUT2D eigenvalue weighted by Crippen LogP contribution is 2.36. The van der Waals surface area contributed by atoms with Crippen LogP contribution < -0.4 is 4.74 Å². The molecule has 2 saturated heterocycles. The number of ether oxygens (including phenoxy) is 2. The van der Waals surface area contributed by atoms with Gasteiger partial charge in [0.2, 0.25) is 0 Å². The molecule has 1 atom stereocenters. The molecule has 0 N–H and O–H groups in total. The van der Waals surface area contributed by atoms with Crippen LogP contribution in [0.25, 0.3) is 0 Å². The van der Waals surface area contributed by atoms with E-state index in [4.69, 9.17) is 9.72 Å². The maximum absolute atomic E-state index is 13.5. The Morgan fingerprint density at radius 1 is 1.11 bits per heavy atom. The van der Waals surface area contributed by atoms with E-state index < -0.39 is 12.7 Å². The number of fused-ring (bicyclic) bond motifs is 1. The molecule has 7 nitrogen and oxygen atoms in total. The smallest absolute Gasteiger partial charge is 0.387 e. The van der Waals surface area contributed by atoms with Crippen LogP contribution in [0, 0.1) is 5.41 Å². The number of carbonyl (C=O) groups is 2. The number of urea groups is 1. The van der Waals surface area contributed by atoms with E-state index in [1.165, 1.54) is 43.2 Å². The Hall–Kier alpha value is -3.07. The predicted octanol–water partition coefficient (Wildman–Crippen LogP) is 4.58. The lowest BCUT2D eigenvalue weighted by molar-refractivity contribution is -0.120. The molecule has 1 aromatic heterocycles. The van der Waals surface area contributed by atoms with E-state index in [9.17, 15) is 18.4 Å². The summed E-state index contributed by atoms with van der Waals surface area (Å²) in [4.78, 5) is 34.1. The number of hydrogen-bond donors (Lipinski definition) is 0. The minimum absolute atomic E-state index is 0.0393.